The summed E-state index contributed by atoms with van der Waals surface area (Å²) in [6, 6.07) is 3.92. The van der Waals surface area contributed by atoms with E-state index in [1.165, 1.54) is 0 Å². The Morgan fingerprint density at radius 1 is 1.22 bits per heavy atom. The number of pyridine rings is 1. The van der Waals surface area contributed by atoms with Crippen LogP contribution in [-0.4, -0.2) is 21.7 Å². The lowest BCUT2D eigenvalue weighted by Crippen LogP contribution is -2.19. The van der Waals surface area contributed by atoms with Crippen LogP contribution in [0.1, 0.15) is 30.1 Å². The zero-order valence-electron chi connectivity index (χ0n) is 10.6. The minimum atomic E-state index is -0.0532. The first-order chi connectivity index (χ1) is 8.63. The summed E-state index contributed by atoms with van der Waals surface area (Å²) >= 11 is 0. The van der Waals surface area contributed by atoms with Gasteiger partial charge >= 0.3 is 0 Å². The summed E-state index contributed by atoms with van der Waals surface area (Å²) in [6.45, 7) is 4.49. The number of aromatic nitrogens is 3. The molecule has 2 aromatic rings. The second-order valence-electron chi connectivity index (χ2n) is 5.05. The smallest absolute Gasteiger partial charge is 0.234 e. The van der Waals surface area contributed by atoms with Gasteiger partial charge in [-0.1, -0.05) is 5.16 Å². The van der Waals surface area contributed by atoms with Crippen molar-refractivity contribution in [3.8, 4) is 11.4 Å². The first-order valence-corrected chi connectivity index (χ1v) is 6.13. The summed E-state index contributed by atoms with van der Waals surface area (Å²) < 4.78 is 5.36. The molecule has 0 saturated heterocycles. The van der Waals surface area contributed by atoms with Gasteiger partial charge in [-0.3, -0.25) is 4.98 Å². The molecule has 0 aliphatic heterocycles. The Morgan fingerprint density at radius 2 is 1.89 bits per heavy atom. The van der Waals surface area contributed by atoms with Gasteiger partial charge in [0.15, 0.2) is 0 Å². The molecular formula is C13H16N4O. The van der Waals surface area contributed by atoms with Crippen molar-refractivity contribution in [1.82, 2.24) is 15.1 Å². The molecule has 0 spiro atoms. The predicted octanol–water partition coefficient (Wildman–Crippen LogP) is 1.74. The van der Waals surface area contributed by atoms with Gasteiger partial charge in [0, 0.05) is 23.5 Å². The van der Waals surface area contributed by atoms with Crippen LogP contribution in [0.4, 0.5) is 0 Å². The first kappa shape index (κ1) is 11.3. The Morgan fingerprint density at radius 3 is 2.44 bits per heavy atom. The van der Waals surface area contributed by atoms with Gasteiger partial charge in [-0.2, -0.15) is 4.98 Å². The van der Waals surface area contributed by atoms with E-state index < -0.39 is 0 Å². The number of rotatable bonds is 3. The van der Waals surface area contributed by atoms with Crippen molar-refractivity contribution in [2.24, 2.45) is 5.73 Å². The van der Waals surface area contributed by atoms with Crippen LogP contribution in [0.3, 0.4) is 0 Å². The summed E-state index contributed by atoms with van der Waals surface area (Å²) in [6.07, 6.45) is 2.08. The molecular weight excluding hydrogens is 228 g/mol. The largest absolute Gasteiger partial charge is 0.338 e. The minimum absolute atomic E-state index is 0.0532. The Labute approximate surface area is 105 Å². The highest BCUT2D eigenvalue weighted by Gasteiger charge is 2.48. The van der Waals surface area contributed by atoms with E-state index in [4.69, 9.17) is 10.3 Å². The molecule has 1 fully saturated rings. The van der Waals surface area contributed by atoms with Crippen LogP contribution in [0.5, 0.6) is 0 Å². The fraction of sp³-hybridized carbons (Fsp3) is 0.462. The number of hydrogen-bond acceptors (Lipinski definition) is 5. The van der Waals surface area contributed by atoms with Crippen LogP contribution >= 0.6 is 0 Å². The highest BCUT2D eigenvalue weighted by atomic mass is 16.5. The van der Waals surface area contributed by atoms with Gasteiger partial charge in [-0.05, 0) is 38.8 Å². The average molecular weight is 244 g/mol. The van der Waals surface area contributed by atoms with Crippen molar-refractivity contribution in [1.29, 1.82) is 0 Å². The lowest BCUT2D eigenvalue weighted by molar-refractivity contribution is 0.347. The van der Waals surface area contributed by atoms with Crippen molar-refractivity contribution in [3.63, 3.8) is 0 Å². The molecule has 5 nitrogen and oxygen atoms in total. The van der Waals surface area contributed by atoms with Crippen LogP contribution in [-0.2, 0) is 5.41 Å². The van der Waals surface area contributed by atoms with Crippen molar-refractivity contribution in [2.45, 2.75) is 32.1 Å². The zero-order valence-corrected chi connectivity index (χ0v) is 10.6. The van der Waals surface area contributed by atoms with Crippen LogP contribution in [0.25, 0.3) is 11.4 Å². The highest BCUT2D eigenvalue weighted by Crippen LogP contribution is 2.46. The molecule has 1 aliphatic carbocycles. The topological polar surface area (TPSA) is 77.8 Å². The number of aryl methyl sites for hydroxylation is 2. The van der Waals surface area contributed by atoms with Crippen molar-refractivity contribution < 1.29 is 4.52 Å². The van der Waals surface area contributed by atoms with E-state index in [1.54, 1.807) is 0 Å². The lowest BCUT2D eigenvalue weighted by Gasteiger charge is -2.03. The highest BCUT2D eigenvalue weighted by molar-refractivity contribution is 5.55. The quantitative estimate of drug-likeness (QED) is 0.889. The molecule has 0 unspecified atom stereocenters. The van der Waals surface area contributed by atoms with Gasteiger partial charge in [-0.15, -0.1) is 0 Å². The van der Waals surface area contributed by atoms with E-state index in [1.807, 2.05) is 26.0 Å². The van der Waals surface area contributed by atoms with Crippen molar-refractivity contribution in [2.75, 3.05) is 6.54 Å². The van der Waals surface area contributed by atoms with Gasteiger partial charge in [0.05, 0.1) is 5.41 Å². The molecule has 2 N–H and O–H groups in total. The predicted molar refractivity (Wildman–Crippen MR) is 67.0 cm³/mol. The van der Waals surface area contributed by atoms with Gasteiger partial charge in [0.1, 0.15) is 0 Å². The fourth-order valence-corrected chi connectivity index (χ4v) is 2.18. The summed E-state index contributed by atoms with van der Waals surface area (Å²) in [4.78, 5) is 8.82. The van der Waals surface area contributed by atoms with Gasteiger partial charge in [0.2, 0.25) is 11.7 Å². The molecule has 0 atom stereocenters. The third-order valence-electron chi connectivity index (χ3n) is 3.46. The maximum Gasteiger partial charge on any atom is 0.234 e. The molecule has 5 heteroatoms. The summed E-state index contributed by atoms with van der Waals surface area (Å²) in [7, 11) is 0. The monoisotopic (exact) mass is 244 g/mol. The second-order valence-corrected chi connectivity index (χ2v) is 5.05. The molecule has 2 heterocycles. The molecule has 0 amide bonds. The first-order valence-electron chi connectivity index (χ1n) is 6.13. The molecule has 94 valence electrons. The van der Waals surface area contributed by atoms with E-state index in [2.05, 4.69) is 15.1 Å². The van der Waals surface area contributed by atoms with Gasteiger partial charge in [-0.25, -0.2) is 0 Å². The molecule has 0 aromatic carbocycles. The number of hydrogen-bond donors (Lipinski definition) is 1. The van der Waals surface area contributed by atoms with E-state index in [9.17, 15) is 0 Å². The maximum absolute atomic E-state index is 5.76. The molecule has 18 heavy (non-hydrogen) atoms. The molecule has 0 bridgehead atoms. The van der Waals surface area contributed by atoms with Crippen LogP contribution in [0.15, 0.2) is 16.7 Å². The van der Waals surface area contributed by atoms with Crippen molar-refractivity contribution >= 4 is 0 Å². The van der Waals surface area contributed by atoms with E-state index >= 15 is 0 Å². The van der Waals surface area contributed by atoms with Gasteiger partial charge in [0.25, 0.3) is 0 Å². The summed E-state index contributed by atoms with van der Waals surface area (Å²) in [5.41, 5.74) is 8.56. The van der Waals surface area contributed by atoms with Crippen LogP contribution in [0.2, 0.25) is 0 Å². The third kappa shape index (κ3) is 1.80. The van der Waals surface area contributed by atoms with E-state index in [-0.39, 0.29) is 5.41 Å². The van der Waals surface area contributed by atoms with Crippen molar-refractivity contribution in [3.05, 3.63) is 29.4 Å². The van der Waals surface area contributed by atoms with Crippen LogP contribution in [0, 0.1) is 13.8 Å². The minimum Gasteiger partial charge on any atom is -0.338 e. The molecule has 0 radical (unpaired) electrons. The summed E-state index contributed by atoms with van der Waals surface area (Å²) in [5, 5.41) is 4.05. The van der Waals surface area contributed by atoms with Gasteiger partial charge < -0.3 is 10.3 Å². The zero-order chi connectivity index (χ0) is 12.8. The normalized spacial score (nSPS) is 16.8. The molecule has 2 aromatic heterocycles. The van der Waals surface area contributed by atoms with Crippen LogP contribution < -0.4 is 5.73 Å². The molecule has 1 saturated carbocycles. The second kappa shape index (κ2) is 3.88. The third-order valence-corrected chi connectivity index (χ3v) is 3.46. The van der Waals surface area contributed by atoms with E-state index in [0.29, 0.717) is 18.3 Å². The average Bonchev–Trinajstić information content (AvgIpc) is 2.97. The lowest BCUT2D eigenvalue weighted by atomic mass is 10.1. The number of nitrogens with zero attached hydrogens (tertiary/aromatic N) is 3. The maximum atomic E-state index is 5.76. The molecule has 1 aliphatic rings. The Hall–Kier alpha value is -1.75. The number of nitrogens with two attached hydrogens (primary N) is 1. The Balaban J connectivity index is 1.98. The Kier molecular flexibility index (Phi) is 2.45. The Bertz CT molecular complexity index is 566. The summed E-state index contributed by atoms with van der Waals surface area (Å²) in [5.74, 6) is 1.30. The SMILES string of the molecule is Cc1cc(-c2noc(C3(CN)CC3)n2)cc(C)n1. The fourth-order valence-electron chi connectivity index (χ4n) is 2.18. The van der Waals surface area contributed by atoms with E-state index in [0.717, 1.165) is 29.8 Å². The standard InChI is InChI=1S/C13H16N4O/c1-8-5-10(6-9(2)15-8)11-16-12(18-17-11)13(7-14)3-4-13/h5-6H,3-4,7,14H2,1-2H3. The molecule has 3 rings (SSSR count).